The molecule has 0 radical (unpaired) electrons. The van der Waals surface area contributed by atoms with Gasteiger partial charge < -0.3 is 15.5 Å². The summed E-state index contributed by atoms with van der Waals surface area (Å²) in [5.74, 6) is 0. The molecule has 0 bridgehead atoms. The van der Waals surface area contributed by atoms with Gasteiger partial charge in [-0.3, -0.25) is 10.1 Å². The quantitative estimate of drug-likeness (QED) is 0.669. The zero-order valence-electron chi connectivity index (χ0n) is 11.7. The number of nitro benzene ring substituents is 1. The van der Waals surface area contributed by atoms with Gasteiger partial charge in [0.2, 0.25) is 0 Å². The van der Waals surface area contributed by atoms with E-state index < -0.39 is 11.0 Å². The zero-order valence-corrected chi connectivity index (χ0v) is 12.5. The number of anilines is 1. The number of primary amides is 1. The number of non-ortho nitro benzene ring substituents is 1. The summed E-state index contributed by atoms with van der Waals surface area (Å²) in [6, 6.07) is 2.45. The molecule has 0 saturated carbocycles. The van der Waals surface area contributed by atoms with Gasteiger partial charge in [-0.1, -0.05) is 11.6 Å². The number of halogens is 1. The third-order valence-electron chi connectivity index (χ3n) is 3.57. The summed E-state index contributed by atoms with van der Waals surface area (Å²) in [7, 11) is 0. The van der Waals surface area contributed by atoms with E-state index in [1.165, 1.54) is 12.1 Å². The number of hydrogen-bond donors (Lipinski definition) is 1. The molecule has 1 fully saturated rings. The topological polar surface area (TPSA) is 92.7 Å². The monoisotopic (exact) mass is 312 g/mol. The molecule has 0 spiro atoms. The Morgan fingerprint density at radius 2 is 2.05 bits per heavy atom. The highest BCUT2D eigenvalue weighted by Crippen LogP contribution is 2.34. The Kier molecular flexibility index (Phi) is 4.52. The van der Waals surface area contributed by atoms with E-state index in [2.05, 4.69) is 0 Å². The molecule has 0 aromatic heterocycles. The maximum absolute atomic E-state index is 11.2. The van der Waals surface area contributed by atoms with Crippen LogP contribution in [0.25, 0.3) is 0 Å². The van der Waals surface area contributed by atoms with Gasteiger partial charge in [0.1, 0.15) is 0 Å². The molecular weight excluding hydrogens is 296 g/mol. The van der Waals surface area contributed by atoms with E-state index >= 15 is 0 Å². The van der Waals surface area contributed by atoms with Gasteiger partial charge in [-0.15, -0.1) is 0 Å². The van der Waals surface area contributed by atoms with Gasteiger partial charge in [0.25, 0.3) is 5.69 Å². The molecule has 1 aliphatic rings. The van der Waals surface area contributed by atoms with Crippen LogP contribution in [-0.4, -0.2) is 42.0 Å². The van der Waals surface area contributed by atoms with Crippen molar-refractivity contribution in [1.82, 2.24) is 4.90 Å². The molecule has 1 saturated heterocycles. The lowest BCUT2D eigenvalue weighted by Gasteiger charge is -2.25. The van der Waals surface area contributed by atoms with E-state index in [0.29, 0.717) is 24.7 Å². The van der Waals surface area contributed by atoms with Crippen LogP contribution in [0.1, 0.15) is 12.0 Å². The predicted octanol–water partition coefficient (Wildman–Crippen LogP) is 2.15. The smallest absolute Gasteiger partial charge is 0.314 e. The molecule has 114 valence electrons. The van der Waals surface area contributed by atoms with Crippen molar-refractivity contribution < 1.29 is 9.72 Å². The first-order valence-electron chi connectivity index (χ1n) is 6.64. The van der Waals surface area contributed by atoms with Crippen LogP contribution in [-0.2, 0) is 0 Å². The fraction of sp³-hybridized carbons (Fsp3) is 0.462. The number of nitrogens with two attached hydrogens (primary N) is 1. The van der Waals surface area contributed by atoms with Gasteiger partial charge in [-0.2, -0.15) is 0 Å². The second-order valence-corrected chi connectivity index (χ2v) is 5.42. The van der Waals surface area contributed by atoms with E-state index in [1.54, 1.807) is 11.8 Å². The molecule has 2 rings (SSSR count). The lowest BCUT2D eigenvalue weighted by atomic mass is 10.1. The highest BCUT2D eigenvalue weighted by atomic mass is 35.5. The molecule has 1 heterocycles. The van der Waals surface area contributed by atoms with Crippen molar-refractivity contribution in [3.63, 3.8) is 0 Å². The molecule has 1 aromatic rings. The number of amides is 2. The van der Waals surface area contributed by atoms with Gasteiger partial charge >= 0.3 is 6.03 Å². The Morgan fingerprint density at radius 3 is 2.62 bits per heavy atom. The van der Waals surface area contributed by atoms with Crippen molar-refractivity contribution in [3.8, 4) is 0 Å². The Hall–Kier alpha value is -2.02. The molecule has 2 N–H and O–H groups in total. The second-order valence-electron chi connectivity index (χ2n) is 5.02. The third kappa shape index (κ3) is 3.36. The molecule has 7 nitrogen and oxygen atoms in total. The summed E-state index contributed by atoms with van der Waals surface area (Å²) in [4.78, 5) is 25.3. The largest absolute Gasteiger partial charge is 0.368 e. The molecule has 1 aromatic carbocycles. The van der Waals surface area contributed by atoms with Crippen molar-refractivity contribution >= 4 is 29.0 Å². The average Bonchev–Trinajstić information content (AvgIpc) is 2.63. The third-order valence-corrected chi connectivity index (χ3v) is 3.86. The minimum Gasteiger partial charge on any atom is -0.368 e. The van der Waals surface area contributed by atoms with Gasteiger partial charge in [-0.25, -0.2) is 4.79 Å². The number of rotatable bonds is 2. The Bertz CT molecular complexity index is 556. The molecule has 0 atom stereocenters. The minimum absolute atomic E-state index is 0.0187. The fourth-order valence-corrected chi connectivity index (χ4v) is 2.97. The summed E-state index contributed by atoms with van der Waals surface area (Å²) >= 11 is 6.21. The Morgan fingerprint density at radius 1 is 1.33 bits per heavy atom. The van der Waals surface area contributed by atoms with Crippen LogP contribution in [0.3, 0.4) is 0 Å². The summed E-state index contributed by atoms with van der Waals surface area (Å²) in [5, 5.41) is 11.2. The predicted molar refractivity (Wildman–Crippen MR) is 80.8 cm³/mol. The van der Waals surface area contributed by atoms with Crippen molar-refractivity contribution in [2.45, 2.75) is 13.3 Å². The van der Waals surface area contributed by atoms with Crippen molar-refractivity contribution in [2.75, 3.05) is 31.1 Å². The number of hydrogen-bond acceptors (Lipinski definition) is 4. The first-order chi connectivity index (χ1) is 9.90. The molecule has 8 heteroatoms. The number of nitro groups is 1. The molecule has 0 unspecified atom stereocenters. The summed E-state index contributed by atoms with van der Waals surface area (Å²) in [6.07, 6.45) is 0.774. The number of carbonyl (C=O) groups excluding carboxylic acids is 1. The number of urea groups is 1. The first kappa shape index (κ1) is 15.4. The zero-order chi connectivity index (χ0) is 15.6. The van der Waals surface area contributed by atoms with Crippen molar-refractivity contribution in [1.29, 1.82) is 0 Å². The van der Waals surface area contributed by atoms with E-state index in [1.807, 2.05) is 4.90 Å². The van der Waals surface area contributed by atoms with Gasteiger partial charge in [0, 0.05) is 38.3 Å². The maximum atomic E-state index is 11.2. The van der Waals surface area contributed by atoms with Gasteiger partial charge in [0.15, 0.2) is 0 Å². The highest BCUT2D eigenvalue weighted by Gasteiger charge is 2.22. The van der Waals surface area contributed by atoms with Crippen LogP contribution in [0.2, 0.25) is 5.02 Å². The number of aryl methyl sites for hydroxylation is 1. The fourth-order valence-electron chi connectivity index (χ4n) is 2.59. The van der Waals surface area contributed by atoms with E-state index in [0.717, 1.165) is 24.2 Å². The van der Waals surface area contributed by atoms with Crippen LogP contribution in [0, 0.1) is 17.0 Å². The molecular formula is C13H17ClN4O3. The summed E-state index contributed by atoms with van der Waals surface area (Å²) < 4.78 is 0. The Labute approximate surface area is 127 Å². The first-order valence-corrected chi connectivity index (χ1v) is 7.02. The Balaban J connectivity index is 2.26. The van der Waals surface area contributed by atoms with Gasteiger partial charge in [0.05, 0.1) is 15.6 Å². The summed E-state index contributed by atoms with van der Waals surface area (Å²) in [5.41, 5.74) is 6.82. The molecule has 21 heavy (non-hydrogen) atoms. The highest BCUT2D eigenvalue weighted by molar-refractivity contribution is 6.33. The lowest BCUT2D eigenvalue weighted by Crippen LogP contribution is -2.38. The van der Waals surface area contributed by atoms with E-state index in [9.17, 15) is 14.9 Å². The lowest BCUT2D eigenvalue weighted by molar-refractivity contribution is -0.384. The normalized spacial score (nSPS) is 15.7. The molecule has 0 aliphatic carbocycles. The van der Waals surface area contributed by atoms with E-state index in [4.69, 9.17) is 17.3 Å². The van der Waals surface area contributed by atoms with Crippen LogP contribution in [0.4, 0.5) is 16.2 Å². The van der Waals surface area contributed by atoms with Crippen LogP contribution in [0.5, 0.6) is 0 Å². The molecule has 1 aliphatic heterocycles. The minimum atomic E-state index is -0.458. The number of nitrogens with zero attached hydrogens (tertiary/aromatic N) is 3. The van der Waals surface area contributed by atoms with Crippen molar-refractivity contribution in [2.24, 2.45) is 5.73 Å². The van der Waals surface area contributed by atoms with E-state index in [-0.39, 0.29) is 5.69 Å². The SMILES string of the molecule is Cc1cc([N+](=O)[O-])cc(Cl)c1N1CCCN(C(N)=O)CC1. The average molecular weight is 313 g/mol. The second kappa shape index (κ2) is 6.17. The molecule has 2 amide bonds. The van der Waals surface area contributed by atoms with Crippen LogP contribution in [0.15, 0.2) is 12.1 Å². The summed E-state index contributed by atoms with van der Waals surface area (Å²) in [6.45, 7) is 4.24. The van der Waals surface area contributed by atoms with Crippen molar-refractivity contribution in [3.05, 3.63) is 32.8 Å². The number of benzene rings is 1. The number of carbonyl (C=O) groups is 1. The van der Waals surface area contributed by atoms with Crippen LogP contribution >= 0.6 is 11.6 Å². The van der Waals surface area contributed by atoms with Gasteiger partial charge in [-0.05, 0) is 18.9 Å². The van der Waals surface area contributed by atoms with Crippen LogP contribution < -0.4 is 10.6 Å². The maximum Gasteiger partial charge on any atom is 0.314 e. The standard InChI is InChI=1S/C13H17ClN4O3/c1-9-7-10(18(20)21)8-11(14)12(9)16-3-2-4-17(6-5-16)13(15)19/h7-8H,2-6H2,1H3,(H2,15,19).